The van der Waals surface area contributed by atoms with Crippen LogP contribution in [-0.2, 0) is 20.7 Å². The van der Waals surface area contributed by atoms with Crippen LogP contribution in [0, 0.1) is 11.7 Å². The number of fused-ring (bicyclic) bond motifs is 1. The van der Waals surface area contributed by atoms with Crippen molar-refractivity contribution in [3.05, 3.63) is 57.8 Å². The third kappa shape index (κ3) is 4.45. The minimum atomic E-state index is -0.675. The predicted octanol–water partition coefficient (Wildman–Crippen LogP) is 3.87. The molecule has 2 aromatic rings. The Kier molecular flexibility index (Phi) is 5.64. The third-order valence-electron chi connectivity index (χ3n) is 3.81. The Morgan fingerprint density at radius 2 is 1.92 bits per heavy atom. The molecule has 0 unspecified atom stereocenters. The zero-order chi connectivity index (χ0) is 18.7. The average Bonchev–Trinajstić information content (AvgIpc) is 2.61. The van der Waals surface area contributed by atoms with Crippen LogP contribution >= 0.6 is 23.2 Å². The Morgan fingerprint density at radius 1 is 1.19 bits per heavy atom. The van der Waals surface area contributed by atoms with Gasteiger partial charge in [-0.2, -0.15) is 0 Å². The number of nitrogens with one attached hydrogen (secondary N) is 1. The highest BCUT2D eigenvalue weighted by Crippen LogP contribution is 2.30. The Balaban J connectivity index is 1.53. The molecular formula is C18H14Cl2FNO4. The summed E-state index contributed by atoms with van der Waals surface area (Å²) < 4.78 is 24.2. The number of hydrogen-bond acceptors (Lipinski definition) is 4. The fourth-order valence-corrected chi connectivity index (χ4v) is 2.90. The van der Waals surface area contributed by atoms with Gasteiger partial charge < -0.3 is 14.8 Å². The summed E-state index contributed by atoms with van der Waals surface area (Å²) in [4.78, 5) is 24.0. The number of amides is 1. The number of ether oxygens (including phenoxy) is 2. The van der Waals surface area contributed by atoms with Crippen molar-refractivity contribution < 1.29 is 23.5 Å². The maximum atomic E-state index is 13.6. The fourth-order valence-electron chi connectivity index (χ4n) is 2.55. The number of hydrogen-bond donors (Lipinski definition) is 1. The summed E-state index contributed by atoms with van der Waals surface area (Å²) in [6.07, 6.45) is 0.405. The number of carbonyl (C=O) groups excluding carboxylic acids is 2. The number of benzene rings is 2. The van der Waals surface area contributed by atoms with Crippen molar-refractivity contribution in [1.82, 2.24) is 0 Å². The van der Waals surface area contributed by atoms with E-state index in [9.17, 15) is 14.0 Å². The molecule has 136 valence electrons. The van der Waals surface area contributed by atoms with E-state index in [0.29, 0.717) is 17.2 Å². The lowest BCUT2D eigenvalue weighted by molar-refractivity contribution is -0.152. The van der Waals surface area contributed by atoms with Crippen molar-refractivity contribution in [2.45, 2.75) is 6.42 Å². The van der Waals surface area contributed by atoms with Gasteiger partial charge >= 0.3 is 5.97 Å². The van der Waals surface area contributed by atoms with Gasteiger partial charge in [0.2, 0.25) is 0 Å². The Bertz CT molecular complexity index is 859. The van der Waals surface area contributed by atoms with Crippen LogP contribution in [0.2, 0.25) is 10.0 Å². The van der Waals surface area contributed by atoms with Crippen LogP contribution < -0.4 is 10.1 Å². The monoisotopic (exact) mass is 397 g/mol. The third-order valence-corrected chi connectivity index (χ3v) is 4.28. The van der Waals surface area contributed by atoms with Gasteiger partial charge in [0.25, 0.3) is 5.91 Å². The maximum absolute atomic E-state index is 13.6. The minimum Gasteiger partial charge on any atom is -0.492 e. The van der Waals surface area contributed by atoms with E-state index in [1.807, 2.05) is 0 Å². The lowest BCUT2D eigenvalue weighted by Gasteiger charge is -2.24. The lowest BCUT2D eigenvalue weighted by Crippen LogP contribution is -2.32. The zero-order valence-corrected chi connectivity index (χ0v) is 14.9. The van der Waals surface area contributed by atoms with Crippen molar-refractivity contribution in [1.29, 1.82) is 0 Å². The highest BCUT2D eigenvalue weighted by atomic mass is 35.5. The van der Waals surface area contributed by atoms with Crippen LogP contribution in [0.3, 0.4) is 0 Å². The number of esters is 1. The van der Waals surface area contributed by atoms with Gasteiger partial charge in [0, 0.05) is 10.0 Å². The molecule has 26 heavy (non-hydrogen) atoms. The van der Waals surface area contributed by atoms with Crippen molar-refractivity contribution in [2.75, 3.05) is 18.5 Å². The molecule has 0 saturated carbocycles. The van der Waals surface area contributed by atoms with E-state index in [1.165, 1.54) is 12.1 Å². The van der Waals surface area contributed by atoms with Crippen LogP contribution in [0.25, 0.3) is 0 Å². The van der Waals surface area contributed by atoms with Gasteiger partial charge in [0.1, 0.15) is 18.2 Å². The number of rotatable bonds is 4. The second-order valence-corrected chi connectivity index (χ2v) is 6.62. The summed E-state index contributed by atoms with van der Waals surface area (Å²) in [5, 5.41) is 3.08. The van der Waals surface area contributed by atoms with E-state index in [4.69, 9.17) is 32.7 Å². The molecule has 5 nitrogen and oxygen atoms in total. The minimum absolute atomic E-state index is 0.0417. The molecule has 1 heterocycles. The molecule has 0 saturated heterocycles. The smallest absolute Gasteiger partial charge is 0.313 e. The standard InChI is InChI=1S/C18H14Cl2FNO4/c19-12-2-4-16-10(6-12)5-11(8-25-16)18(24)26-9-17(23)22-15-3-1-13(20)7-14(15)21/h1-4,6-7,11H,5,8-9H2,(H,22,23)/t11-/m0/s1. The van der Waals surface area contributed by atoms with E-state index >= 15 is 0 Å². The van der Waals surface area contributed by atoms with E-state index in [-0.39, 0.29) is 17.3 Å². The van der Waals surface area contributed by atoms with E-state index in [0.717, 1.165) is 11.6 Å². The molecule has 3 rings (SSSR count). The summed E-state index contributed by atoms with van der Waals surface area (Å²) in [7, 11) is 0. The van der Waals surface area contributed by atoms with Gasteiger partial charge in [-0.15, -0.1) is 0 Å². The quantitative estimate of drug-likeness (QED) is 0.795. The first kappa shape index (κ1) is 18.5. The number of carbonyl (C=O) groups is 2. The molecule has 0 fully saturated rings. The highest BCUT2D eigenvalue weighted by Gasteiger charge is 2.28. The van der Waals surface area contributed by atoms with Gasteiger partial charge in [-0.3, -0.25) is 9.59 Å². The first-order chi connectivity index (χ1) is 12.4. The Hall–Kier alpha value is -2.31. The van der Waals surface area contributed by atoms with E-state index < -0.39 is 30.2 Å². The Labute approximate surface area is 159 Å². The molecule has 1 aliphatic heterocycles. The summed E-state index contributed by atoms with van der Waals surface area (Å²) in [5.41, 5.74) is 0.762. The molecule has 0 radical (unpaired) electrons. The van der Waals surface area contributed by atoms with Crippen molar-refractivity contribution in [3.63, 3.8) is 0 Å². The van der Waals surface area contributed by atoms with Gasteiger partial charge in [-0.05, 0) is 48.4 Å². The first-order valence-electron chi connectivity index (χ1n) is 7.75. The Morgan fingerprint density at radius 3 is 2.69 bits per heavy atom. The average molecular weight is 398 g/mol. The predicted molar refractivity (Wildman–Crippen MR) is 95.1 cm³/mol. The number of anilines is 1. The molecule has 0 aromatic heterocycles. The first-order valence-corrected chi connectivity index (χ1v) is 8.51. The fraction of sp³-hybridized carbons (Fsp3) is 0.222. The lowest BCUT2D eigenvalue weighted by atomic mass is 9.97. The second-order valence-electron chi connectivity index (χ2n) is 5.74. The summed E-state index contributed by atoms with van der Waals surface area (Å²) in [6, 6.07) is 9.02. The zero-order valence-electron chi connectivity index (χ0n) is 13.4. The molecule has 8 heteroatoms. The maximum Gasteiger partial charge on any atom is 0.313 e. The van der Waals surface area contributed by atoms with Crippen LogP contribution in [0.4, 0.5) is 10.1 Å². The van der Waals surface area contributed by atoms with Gasteiger partial charge in [-0.25, -0.2) is 4.39 Å². The molecule has 2 aromatic carbocycles. The SMILES string of the molecule is O=C(COC(=O)[C@@H]1COc2ccc(Cl)cc2C1)Nc1ccc(Cl)cc1F. The van der Waals surface area contributed by atoms with Crippen LogP contribution in [-0.4, -0.2) is 25.1 Å². The molecule has 0 aliphatic carbocycles. The molecule has 1 amide bonds. The molecule has 0 spiro atoms. The highest BCUT2D eigenvalue weighted by molar-refractivity contribution is 6.31. The van der Waals surface area contributed by atoms with E-state index in [1.54, 1.807) is 18.2 Å². The molecular weight excluding hydrogens is 384 g/mol. The number of halogens is 3. The van der Waals surface area contributed by atoms with Crippen LogP contribution in [0.5, 0.6) is 5.75 Å². The van der Waals surface area contributed by atoms with Gasteiger partial charge in [-0.1, -0.05) is 23.2 Å². The van der Waals surface area contributed by atoms with E-state index in [2.05, 4.69) is 5.32 Å². The van der Waals surface area contributed by atoms with Crippen molar-refractivity contribution >= 4 is 40.8 Å². The second kappa shape index (κ2) is 7.93. The topological polar surface area (TPSA) is 64.6 Å². The van der Waals surface area contributed by atoms with Crippen molar-refractivity contribution in [2.24, 2.45) is 5.92 Å². The molecule has 1 atom stereocenters. The van der Waals surface area contributed by atoms with Crippen LogP contribution in [0.15, 0.2) is 36.4 Å². The molecule has 1 aliphatic rings. The van der Waals surface area contributed by atoms with Crippen molar-refractivity contribution in [3.8, 4) is 5.75 Å². The van der Waals surface area contributed by atoms with Crippen LogP contribution in [0.1, 0.15) is 5.56 Å². The normalized spacial score (nSPS) is 15.6. The van der Waals surface area contributed by atoms with Gasteiger partial charge in [0.15, 0.2) is 6.61 Å². The van der Waals surface area contributed by atoms with Gasteiger partial charge in [0.05, 0.1) is 11.6 Å². The largest absolute Gasteiger partial charge is 0.492 e. The summed E-state index contributed by atoms with van der Waals surface area (Å²) in [6.45, 7) is -0.374. The molecule has 1 N–H and O–H groups in total. The summed E-state index contributed by atoms with van der Waals surface area (Å²) >= 11 is 11.6. The summed E-state index contributed by atoms with van der Waals surface area (Å²) in [5.74, 6) is -1.76. The molecule has 0 bridgehead atoms.